The van der Waals surface area contributed by atoms with E-state index in [9.17, 15) is 9.59 Å². The second-order valence-corrected chi connectivity index (χ2v) is 4.79. The molecule has 1 aromatic carbocycles. The fraction of sp³-hybridized carbons (Fsp3) is 0.273. The first kappa shape index (κ1) is 14.0. The topological polar surface area (TPSA) is 80.4 Å². The van der Waals surface area contributed by atoms with Gasteiger partial charge in [0.25, 0.3) is 0 Å². The van der Waals surface area contributed by atoms with Crippen LogP contribution in [0.25, 0.3) is 0 Å². The van der Waals surface area contributed by atoms with E-state index in [1.165, 1.54) is 25.1 Å². The van der Waals surface area contributed by atoms with Gasteiger partial charge >= 0.3 is 5.97 Å². The first-order valence-corrected chi connectivity index (χ1v) is 5.50. The summed E-state index contributed by atoms with van der Waals surface area (Å²) in [5.41, 5.74) is 4.09. The summed E-state index contributed by atoms with van der Waals surface area (Å²) >= 11 is 11.5. The van der Waals surface area contributed by atoms with E-state index in [1.54, 1.807) is 0 Å². The summed E-state index contributed by atoms with van der Waals surface area (Å²) in [5.74, 6) is -1.67. The Morgan fingerprint density at radius 3 is 2.47 bits per heavy atom. The van der Waals surface area contributed by atoms with E-state index >= 15 is 0 Å². The van der Waals surface area contributed by atoms with Crippen molar-refractivity contribution in [2.75, 3.05) is 0 Å². The van der Waals surface area contributed by atoms with Gasteiger partial charge in [-0.3, -0.25) is 9.59 Å². The molecule has 4 nitrogen and oxygen atoms in total. The Balaban J connectivity index is 2.95. The number of carbonyl (C=O) groups excluding carboxylic acids is 1. The van der Waals surface area contributed by atoms with Crippen LogP contribution in [0.2, 0.25) is 10.0 Å². The lowest BCUT2D eigenvalue weighted by Crippen LogP contribution is -2.46. The summed E-state index contributed by atoms with van der Waals surface area (Å²) < 4.78 is 0. The number of hydrogen-bond donors (Lipinski definition) is 2. The number of rotatable bonds is 4. The van der Waals surface area contributed by atoms with Crippen molar-refractivity contribution in [1.29, 1.82) is 0 Å². The van der Waals surface area contributed by atoms with Gasteiger partial charge in [-0.2, -0.15) is 0 Å². The molecule has 1 atom stereocenters. The maximum absolute atomic E-state index is 11.8. The number of halogens is 2. The molecule has 0 saturated carbocycles. The summed E-state index contributed by atoms with van der Waals surface area (Å²) in [6.45, 7) is 1.27. The molecule has 0 aromatic heterocycles. The van der Waals surface area contributed by atoms with Gasteiger partial charge in [0.05, 0.1) is 5.02 Å². The molecule has 3 N–H and O–H groups in total. The Kier molecular flexibility index (Phi) is 4.14. The van der Waals surface area contributed by atoms with Crippen LogP contribution in [-0.2, 0) is 4.79 Å². The number of aliphatic carboxylic acids is 1. The second kappa shape index (κ2) is 5.04. The minimum absolute atomic E-state index is 0.184. The van der Waals surface area contributed by atoms with Crippen LogP contribution in [0.4, 0.5) is 0 Å². The average molecular weight is 276 g/mol. The molecule has 0 aliphatic heterocycles. The van der Waals surface area contributed by atoms with E-state index in [-0.39, 0.29) is 17.0 Å². The van der Waals surface area contributed by atoms with Crippen LogP contribution < -0.4 is 5.73 Å². The third-order valence-corrected chi connectivity index (χ3v) is 2.80. The Bertz CT molecular complexity index is 472. The van der Waals surface area contributed by atoms with Crippen LogP contribution in [0, 0.1) is 0 Å². The number of Topliss-reactive ketones (excluding diaryl/α,β-unsaturated/α-hetero) is 1. The van der Waals surface area contributed by atoms with Gasteiger partial charge in [0, 0.05) is 17.0 Å². The van der Waals surface area contributed by atoms with Crippen LogP contribution in [0.3, 0.4) is 0 Å². The van der Waals surface area contributed by atoms with Crippen molar-refractivity contribution in [3.8, 4) is 0 Å². The van der Waals surface area contributed by atoms with E-state index < -0.39 is 17.3 Å². The van der Waals surface area contributed by atoms with Crippen molar-refractivity contribution in [3.63, 3.8) is 0 Å². The lowest BCUT2D eigenvalue weighted by Gasteiger charge is -2.18. The molecule has 0 heterocycles. The number of hydrogen-bond acceptors (Lipinski definition) is 3. The molecule has 0 aliphatic carbocycles. The number of carboxylic acid groups (broad SMARTS) is 1. The molecule has 6 heteroatoms. The highest BCUT2D eigenvalue weighted by Gasteiger charge is 2.31. The Hall–Kier alpha value is -1.10. The average Bonchev–Trinajstić information content (AvgIpc) is 2.15. The maximum Gasteiger partial charge on any atom is 0.323 e. The molecule has 0 fully saturated rings. The molecular weight excluding hydrogens is 265 g/mol. The molecule has 0 spiro atoms. The Morgan fingerprint density at radius 2 is 2.00 bits per heavy atom. The highest BCUT2D eigenvalue weighted by Crippen LogP contribution is 2.23. The highest BCUT2D eigenvalue weighted by atomic mass is 35.5. The molecule has 0 saturated heterocycles. The summed E-state index contributed by atoms with van der Waals surface area (Å²) in [6, 6.07) is 4.38. The normalized spacial score (nSPS) is 14.1. The third-order valence-electron chi connectivity index (χ3n) is 2.25. The molecule has 1 aromatic rings. The zero-order valence-electron chi connectivity index (χ0n) is 9.04. The van der Waals surface area contributed by atoms with Crippen LogP contribution >= 0.6 is 23.2 Å². The predicted molar refractivity (Wildman–Crippen MR) is 65.6 cm³/mol. The lowest BCUT2D eigenvalue weighted by atomic mass is 9.93. The lowest BCUT2D eigenvalue weighted by molar-refractivity contribution is -0.142. The van der Waals surface area contributed by atoms with Gasteiger partial charge < -0.3 is 10.8 Å². The van der Waals surface area contributed by atoms with Crippen LogP contribution in [0.5, 0.6) is 0 Å². The predicted octanol–water partition coefficient (Wildman–Crippen LogP) is 2.37. The highest BCUT2D eigenvalue weighted by molar-refractivity contribution is 6.36. The number of nitrogens with two attached hydrogens (primary N) is 1. The van der Waals surface area contributed by atoms with Crippen LogP contribution in [0.1, 0.15) is 23.7 Å². The molecule has 0 bridgehead atoms. The van der Waals surface area contributed by atoms with Gasteiger partial charge in [-0.15, -0.1) is 0 Å². The molecule has 0 aliphatic rings. The Labute approximate surface area is 108 Å². The fourth-order valence-electron chi connectivity index (χ4n) is 1.22. The standard InChI is InChI=1S/C11H11Cl2NO3/c1-11(14,10(16)17)5-9(15)7-3-2-6(12)4-8(7)13/h2-4H,5,14H2,1H3,(H,16,17). The summed E-state index contributed by atoms with van der Waals surface area (Å²) in [7, 11) is 0. The summed E-state index contributed by atoms with van der Waals surface area (Å²) in [5, 5.41) is 9.41. The van der Waals surface area contributed by atoms with Crippen molar-refractivity contribution in [1.82, 2.24) is 0 Å². The van der Waals surface area contributed by atoms with Gasteiger partial charge in [-0.1, -0.05) is 23.2 Å². The zero-order chi connectivity index (χ0) is 13.2. The molecule has 1 rings (SSSR count). The minimum Gasteiger partial charge on any atom is -0.480 e. The number of ketones is 1. The second-order valence-electron chi connectivity index (χ2n) is 3.95. The Morgan fingerprint density at radius 1 is 1.41 bits per heavy atom. The van der Waals surface area contributed by atoms with Gasteiger partial charge in [0.1, 0.15) is 5.54 Å². The van der Waals surface area contributed by atoms with Crippen molar-refractivity contribution in [2.24, 2.45) is 5.73 Å². The number of carboxylic acids is 1. The SMILES string of the molecule is CC(N)(CC(=O)c1ccc(Cl)cc1Cl)C(=O)O. The number of benzene rings is 1. The first-order valence-electron chi connectivity index (χ1n) is 4.74. The molecule has 0 amide bonds. The van der Waals surface area contributed by atoms with Crippen molar-refractivity contribution >= 4 is 35.0 Å². The van der Waals surface area contributed by atoms with Crippen molar-refractivity contribution < 1.29 is 14.7 Å². The van der Waals surface area contributed by atoms with Gasteiger partial charge in [0.15, 0.2) is 5.78 Å². The van der Waals surface area contributed by atoms with E-state index in [1.807, 2.05) is 0 Å². The summed E-state index contributed by atoms with van der Waals surface area (Å²) in [6.07, 6.45) is -0.330. The molecule has 1 unspecified atom stereocenters. The smallest absolute Gasteiger partial charge is 0.323 e. The van der Waals surface area contributed by atoms with Gasteiger partial charge in [-0.25, -0.2) is 0 Å². The third kappa shape index (κ3) is 3.43. The minimum atomic E-state index is -1.61. The van der Waals surface area contributed by atoms with E-state index in [2.05, 4.69) is 0 Å². The zero-order valence-corrected chi connectivity index (χ0v) is 10.5. The van der Waals surface area contributed by atoms with E-state index in [4.69, 9.17) is 34.0 Å². The molecule has 92 valence electrons. The molecule has 0 radical (unpaired) electrons. The first-order chi connectivity index (χ1) is 7.74. The van der Waals surface area contributed by atoms with Crippen molar-refractivity contribution in [2.45, 2.75) is 18.9 Å². The van der Waals surface area contributed by atoms with Gasteiger partial charge in [-0.05, 0) is 25.1 Å². The quantitative estimate of drug-likeness (QED) is 0.827. The summed E-state index contributed by atoms with van der Waals surface area (Å²) in [4.78, 5) is 22.6. The van der Waals surface area contributed by atoms with Crippen LogP contribution in [-0.4, -0.2) is 22.4 Å². The largest absolute Gasteiger partial charge is 0.480 e. The van der Waals surface area contributed by atoms with E-state index in [0.717, 1.165) is 0 Å². The van der Waals surface area contributed by atoms with Crippen LogP contribution in [0.15, 0.2) is 18.2 Å². The number of carbonyl (C=O) groups is 2. The van der Waals surface area contributed by atoms with E-state index in [0.29, 0.717) is 5.02 Å². The molecular formula is C11H11Cl2NO3. The fourth-order valence-corrected chi connectivity index (χ4v) is 1.73. The molecule has 17 heavy (non-hydrogen) atoms. The van der Waals surface area contributed by atoms with Crippen molar-refractivity contribution in [3.05, 3.63) is 33.8 Å². The monoisotopic (exact) mass is 275 g/mol. The maximum atomic E-state index is 11.8. The van der Waals surface area contributed by atoms with Gasteiger partial charge in [0.2, 0.25) is 0 Å².